The van der Waals surface area contributed by atoms with E-state index in [9.17, 15) is 9.18 Å². The molecular weight excluding hydrogens is 309 g/mol. The van der Waals surface area contributed by atoms with Crippen molar-refractivity contribution in [1.29, 1.82) is 0 Å². The standard InChI is InChI=1S/C18H20FN3O2/c19-16-4-2-1-3-14(16)11-20-17-6-5-15(12-21-17)22-18(23)13-7-9-24-10-8-13/h1-6,12-13H,7-11H2,(H,20,21)(H,22,23). The van der Waals surface area contributed by atoms with Gasteiger partial charge in [-0.15, -0.1) is 0 Å². The quantitative estimate of drug-likeness (QED) is 0.884. The Morgan fingerprint density at radius 2 is 2.00 bits per heavy atom. The number of nitrogens with zero attached hydrogens (tertiary/aromatic N) is 1. The molecule has 6 heteroatoms. The van der Waals surface area contributed by atoms with Crippen LogP contribution in [0.3, 0.4) is 0 Å². The van der Waals surface area contributed by atoms with Crippen LogP contribution >= 0.6 is 0 Å². The maximum absolute atomic E-state index is 13.6. The van der Waals surface area contributed by atoms with Crippen molar-refractivity contribution in [2.24, 2.45) is 5.92 Å². The Hall–Kier alpha value is -2.47. The monoisotopic (exact) mass is 329 g/mol. The maximum Gasteiger partial charge on any atom is 0.227 e. The molecule has 126 valence electrons. The summed E-state index contributed by atoms with van der Waals surface area (Å²) in [5, 5.41) is 5.94. The van der Waals surface area contributed by atoms with Crippen LogP contribution in [0.15, 0.2) is 42.6 Å². The van der Waals surface area contributed by atoms with Gasteiger partial charge >= 0.3 is 0 Å². The molecule has 0 atom stereocenters. The first-order valence-electron chi connectivity index (χ1n) is 8.04. The van der Waals surface area contributed by atoms with Crippen molar-refractivity contribution in [3.8, 4) is 0 Å². The molecule has 5 nitrogen and oxygen atoms in total. The number of carbonyl (C=O) groups excluding carboxylic acids is 1. The lowest BCUT2D eigenvalue weighted by molar-refractivity contribution is -0.122. The molecule has 1 aromatic heterocycles. The number of aromatic nitrogens is 1. The lowest BCUT2D eigenvalue weighted by Crippen LogP contribution is -2.28. The van der Waals surface area contributed by atoms with Crippen LogP contribution in [0.2, 0.25) is 0 Å². The molecule has 1 aliphatic heterocycles. The van der Waals surface area contributed by atoms with Gasteiger partial charge in [0.25, 0.3) is 0 Å². The fourth-order valence-electron chi connectivity index (χ4n) is 2.60. The Labute approximate surface area is 140 Å². The van der Waals surface area contributed by atoms with Crippen LogP contribution in [0.5, 0.6) is 0 Å². The highest BCUT2D eigenvalue weighted by Gasteiger charge is 2.21. The van der Waals surface area contributed by atoms with Gasteiger partial charge in [-0.3, -0.25) is 4.79 Å². The van der Waals surface area contributed by atoms with Gasteiger partial charge in [0.05, 0.1) is 11.9 Å². The van der Waals surface area contributed by atoms with Gasteiger partial charge in [-0.2, -0.15) is 0 Å². The van der Waals surface area contributed by atoms with E-state index >= 15 is 0 Å². The molecule has 0 aliphatic carbocycles. The smallest absolute Gasteiger partial charge is 0.227 e. The van der Waals surface area contributed by atoms with Crippen LogP contribution in [0.1, 0.15) is 18.4 Å². The number of nitrogens with one attached hydrogen (secondary N) is 2. The van der Waals surface area contributed by atoms with E-state index in [1.54, 1.807) is 36.5 Å². The zero-order valence-corrected chi connectivity index (χ0v) is 13.3. The van der Waals surface area contributed by atoms with Gasteiger partial charge in [0.2, 0.25) is 5.91 Å². The van der Waals surface area contributed by atoms with Crippen LogP contribution in [-0.2, 0) is 16.1 Å². The second-order valence-corrected chi connectivity index (χ2v) is 5.75. The summed E-state index contributed by atoms with van der Waals surface area (Å²) in [6.07, 6.45) is 3.10. The van der Waals surface area contributed by atoms with Crippen molar-refractivity contribution in [2.45, 2.75) is 19.4 Å². The van der Waals surface area contributed by atoms with E-state index in [-0.39, 0.29) is 17.6 Å². The lowest BCUT2D eigenvalue weighted by atomic mass is 9.99. The fourth-order valence-corrected chi connectivity index (χ4v) is 2.60. The Morgan fingerprint density at radius 3 is 2.71 bits per heavy atom. The lowest BCUT2D eigenvalue weighted by Gasteiger charge is -2.21. The van der Waals surface area contributed by atoms with Crippen molar-refractivity contribution in [1.82, 2.24) is 4.98 Å². The number of ether oxygens (including phenoxy) is 1. The molecule has 0 radical (unpaired) electrons. The fraction of sp³-hybridized carbons (Fsp3) is 0.333. The molecule has 1 amide bonds. The van der Waals surface area contributed by atoms with E-state index in [4.69, 9.17) is 4.74 Å². The summed E-state index contributed by atoms with van der Waals surface area (Å²) in [6.45, 7) is 1.62. The minimum Gasteiger partial charge on any atom is -0.381 e. The number of anilines is 2. The Balaban J connectivity index is 1.53. The molecule has 0 spiro atoms. The van der Waals surface area contributed by atoms with E-state index in [0.29, 0.717) is 36.8 Å². The molecule has 0 bridgehead atoms. The number of pyridine rings is 1. The number of hydrogen-bond donors (Lipinski definition) is 2. The van der Waals surface area contributed by atoms with E-state index in [1.165, 1.54) is 6.07 Å². The summed E-state index contributed by atoms with van der Waals surface area (Å²) in [5.41, 5.74) is 1.24. The first-order valence-corrected chi connectivity index (χ1v) is 8.04. The largest absolute Gasteiger partial charge is 0.381 e. The van der Waals surface area contributed by atoms with Gasteiger partial charge in [-0.25, -0.2) is 9.37 Å². The van der Waals surface area contributed by atoms with Gasteiger partial charge < -0.3 is 15.4 Å². The van der Waals surface area contributed by atoms with Crippen LogP contribution in [0.4, 0.5) is 15.9 Å². The molecule has 1 aromatic carbocycles. The first kappa shape index (κ1) is 16.4. The topological polar surface area (TPSA) is 63.2 Å². The summed E-state index contributed by atoms with van der Waals surface area (Å²) in [7, 11) is 0. The number of amides is 1. The third-order valence-corrected chi connectivity index (χ3v) is 4.04. The zero-order valence-electron chi connectivity index (χ0n) is 13.3. The summed E-state index contributed by atoms with van der Waals surface area (Å²) in [6, 6.07) is 10.2. The highest BCUT2D eigenvalue weighted by atomic mass is 19.1. The zero-order chi connectivity index (χ0) is 16.8. The van der Waals surface area contributed by atoms with Gasteiger partial charge in [-0.05, 0) is 31.0 Å². The van der Waals surface area contributed by atoms with Gasteiger partial charge in [0.15, 0.2) is 0 Å². The minimum absolute atomic E-state index is 0.00222. The maximum atomic E-state index is 13.6. The predicted octanol–water partition coefficient (Wildman–Crippen LogP) is 3.20. The van der Waals surface area contributed by atoms with Gasteiger partial charge in [-0.1, -0.05) is 18.2 Å². The average molecular weight is 329 g/mol. The van der Waals surface area contributed by atoms with Gasteiger partial charge in [0.1, 0.15) is 11.6 Å². The number of hydrogen-bond acceptors (Lipinski definition) is 4. The third-order valence-electron chi connectivity index (χ3n) is 4.04. The van der Waals surface area contributed by atoms with E-state index in [0.717, 1.165) is 12.8 Å². The summed E-state index contributed by atoms with van der Waals surface area (Å²) < 4.78 is 18.8. The van der Waals surface area contributed by atoms with Crippen molar-refractivity contribution >= 4 is 17.4 Å². The van der Waals surface area contributed by atoms with Crippen molar-refractivity contribution in [3.05, 3.63) is 54.0 Å². The molecule has 2 heterocycles. The third kappa shape index (κ3) is 4.29. The summed E-state index contributed by atoms with van der Waals surface area (Å²) in [4.78, 5) is 16.4. The summed E-state index contributed by atoms with van der Waals surface area (Å²) >= 11 is 0. The molecule has 1 fully saturated rings. The van der Waals surface area contributed by atoms with Crippen LogP contribution in [0, 0.1) is 11.7 Å². The normalized spacial score (nSPS) is 15.0. The van der Waals surface area contributed by atoms with E-state index in [2.05, 4.69) is 15.6 Å². The molecule has 0 saturated carbocycles. The van der Waals surface area contributed by atoms with Crippen molar-refractivity contribution < 1.29 is 13.9 Å². The molecular formula is C18H20FN3O2. The molecule has 2 aromatic rings. The average Bonchev–Trinajstić information content (AvgIpc) is 2.63. The number of benzene rings is 1. The molecule has 0 unspecified atom stereocenters. The molecule has 1 saturated heterocycles. The number of halogens is 1. The van der Waals surface area contributed by atoms with Crippen LogP contribution in [0.25, 0.3) is 0 Å². The SMILES string of the molecule is O=C(Nc1ccc(NCc2ccccc2F)nc1)C1CCOCC1. The van der Waals surface area contributed by atoms with Crippen molar-refractivity contribution in [2.75, 3.05) is 23.8 Å². The molecule has 2 N–H and O–H groups in total. The van der Waals surface area contributed by atoms with Crippen LogP contribution in [-0.4, -0.2) is 24.1 Å². The summed E-state index contributed by atoms with van der Waals surface area (Å²) in [5.74, 6) is 0.387. The first-order chi connectivity index (χ1) is 11.7. The van der Waals surface area contributed by atoms with E-state index in [1.807, 2.05) is 0 Å². The second-order valence-electron chi connectivity index (χ2n) is 5.75. The number of carbonyl (C=O) groups is 1. The van der Waals surface area contributed by atoms with Gasteiger partial charge in [0, 0.05) is 31.2 Å². The molecule has 24 heavy (non-hydrogen) atoms. The predicted molar refractivity (Wildman–Crippen MR) is 90.1 cm³/mol. The highest BCUT2D eigenvalue weighted by Crippen LogP contribution is 2.18. The molecule has 1 aliphatic rings. The Kier molecular flexibility index (Phi) is 5.38. The number of rotatable bonds is 5. The Morgan fingerprint density at radius 1 is 1.21 bits per heavy atom. The second kappa shape index (κ2) is 7.88. The Bertz CT molecular complexity index is 685. The van der Waals surface area contributed by atoms with E-state index < -0.39 is 0 Å². The van der Waals surface area contributed by atoms with Crippen molar-refractivity contribution in [3.63, 3.8) is 0 Å². The minimum atomic E-state index is -0.245. The molecule has 3 rings (SSSR count). The van der Waals surface area contributed by atoms with Crippen LogP contribution < -0.4 is 10.6 Å². The highest BCUT2D eigenvalue weighted by molar-refractivity contribution is 5.92.